The molecule has 3 amide bonds. The van der Waals surface area contributed by atoms with Crippen molar-refractivity contribution in [2.45, 2.75) is 31.3 Å². The largest absolute Gasteiger partial charge is 0.481 e. The van der Waals surface area contributed by atoms with Crippen molar-refractivity contribution in [3.63, 3.8) is 0 Å². The van der Waals surface area contributed by atoms with Crippen LogP contribution in [0.2, 0.25) is 0 Å². The van der Waals surface area contributed by atoms with Crippen LogP contribution >= 0.6 is 0 Å². The number of piperazine rings is 1. The first-order valence-corrected chi connectivity index (χ1v) is 8.38. The van der Waals surface area contributed by atoms with Crippen molar-refractivity contribution in [3.8, 4) is 0 Å². The summed E-state index contributed by atoms with van der Waals surface area (Å²) in [6.45, 7) is 0.602. The molecule has 21 heavy (non-hydrogen) atoms. The minimum atomic E-state index is -1.12. The number of hydrogen-bond acceptors (Lipinski definition) is 4. The zero-order chi connectivity index (χ0) is 15.4. The van der Waals surface area contributed by atoms with Gasteiger partial charge in [-0.2, -0.15) is 0 Å². The second kappa shape index (κ2) is 6.88. The van der Waals surface area contributed by atoms with E-state index in [2.05, 4.69) is 10.6 Å². The van der Waals surface area contributed by atoms with Crippen molar-refractivity contribution in [2.24, 2.45) is 0 Å². The minimum Gasteiger partial charge on any atom is -0.481 e. The Balaban J connectivity index is 1.96. The Morgan fingerprint density at radius 2 is 2.05 bits per heavy atom. The first-order chi connectivity index (χ1) is 9.97. The Morgan fingerprint density at radius 3 is 2.67 bits per heavy atom. The topological polar surface area (TPSA) is 116 Å². The van der Waals surface area contributed by atoms with E-state index < -0.39 is 41.2 Å². The summed E-state index contributed by atoms with van der Waals surface area (Å²) in [4.78, 5) is 36.1. The zero-order valence-corrected chi connectivity index (χ0v) is 12.4. The van der Waals surface area contributed by atoms with Crippen LogP contribution in [0.15, 0.2) is 0 Å². The number of amides is 3. The van der Waals surface area contributed by atoms with E-state index in [1.54, 1.807) is 0 Å². The normalized spacial score (nSPS) is 29.6. The summed E-state index contributed by atoms with van der Waals surface area (Å²) in [6, 6.07) is -1.46. The number of carbonyl (C=O) groups is 3. The van der Waals surface area contributed by atoms with Crippen LogP contribution in [-0.2, 0) is 20.4 Å². The molecule has 2 rings (SSSR count). The minimum absolute atomic E-state index is 0.0642. The van der Waals surface area contributed by atoms with Crippen molar-refractivity contribution in [1.82, 2.24) is 15.5 Å². The fraction of sp³-hybridized carbons (Fsp3) is 0.750. The summed E-state index contributed by atoms with van der Waals surface area (Å²) >= 11 is 0. The van der Waals surface area contributed by atoms with E-state index in [9.17, 15) is 18.6 Å². The maximum Gasteiger partial charge on any atom is 0.318 e. The van der Waals surface area contributed by atoms with Crippen molar-refractivity contribution in [3.05, 3.63) is 0 Å². The monoisotopic (exact) mass is 317 g/mol. The van der Waals surface area contributed by atoms with E-state index in [1.165, 1.54) is 4.90 Å². The van der Waals surface area contributed by atoms with Gasteiger partial charge in [-0.15, -0.1) is 0 Å². The zero-order valence-electron chi connectivity index (χ0n) is 11.5. The molecule has 0 bridgehead atoms. The van der Waals surface area contributed by atoms with Gasteiger partial charge in [0.1, 0.15) is 6.04 Å². The highest BCUT2D eigenvalue weighted by molar-refractivity contribution is 7.85. The van der Waals surface area contributed by atoms with E-state index in [0.29, 0.717) is 30.9 Å². The summed E-state index contributed by atoms with van der Waals surface area (Å²) in [6.07, 6.45) is 0.873. The standard InChI is InChI=1S/C12H19N3O5S/c16-10(17)7-9-11(18)13-3-4-15(9)12(19)14-8-1-5-21(20)6-2-8/h8-9H,1-7H2,(H,13,18)(H,14,19)(H,16,17). The van der Waals surface area contributed by atoms with E-state index in [0.717, 1.165) is 0 Å². The highest BCUT2D eigenvalue weighted by Gasteiger charge is 2.35. The van der Waals surface area contributed by atoms with Gasteiger partial charge in [0.05, 0.1) is 6.42 Å². The van der Waals surface area contributed by atoms with Crippen LogP contribution in [-0.4, -0.2) is 68.8 Å². The summed E-state index contributed by atoms with van der Waals surface area (Å²) < 4.78 is 11.3. The molecule has 0 saturated carbocycles. The molecule has 2 heterocycles. The number of carboxylic acids is 1. The summed E-state index contributed by atoms with van der Waals surface area (Å²) in [7, 11) is -0.808. The molecule has 1 unspecified atom stereocenters. The summed E-state index contributed by atoms with van der Waals surface area (Å²) in [5.41, 5.74) is 0. The van der Waals surface area contributed by atoms with Crippen LogP contribution in [0.25, 0.3) is 0 Å². The van der Waals surface area contributed by atoms with Gasteiger partial charge in [0.15, 0.2) is 0 Å². The highest BCUT2D eigenvalue weighted by Crippen LogP contribution is 2.13. The van der Waals surface area contributed by atoms with Gasteiger partial charge in [0, 0.05) is 41.4 Å². The molecule has 8 nitrogen and oxygen atoms in total. The van der Waals surface area contributed by atoms with Gasteiger partial charge < -0.3 is 20.6 Å². The molecule has 0 aromatic carbocycles. The van der Waals surface area contributed by atoms with Crippen molar-refractivity contribution in [2.75, 3.05) is 24.6 Å². The lowest BCUT2D eigenvalue weighted by molar-refractivity contribution is -0.142. The van der Waals surface area contributed by atoms with Crippen LogP contribution in [0.5, 0.6) is 0 Å². The molecular formula is C12H19N3O5S. The maximum atomic E-state index is 12.3. The fourth-order valence-electron chi connectivity index (χ4n) is 2.52. The molecule has 2 saturated heterocycles. The van der Waals surface area contributed by atoms with Gasteiger partial charge in [0.25, 0.3) is 0 Å². The van der Waals surface area contributed by atoms with Gasteiger partial charge in [-0.25, -0.2) is 4.79 Å². The summed E-state index contributed by atoms with van der Waals surface area (Å²) in [5.74, 6) is -0.444. The van der Waals surface area contributed by atoms with Gasteiger partial charge in [-0.3, -0.25) is 13.8 Å². The Labute approximate surface area is 124 Å². The van der Waals surface area contributed by atoms with E-state index in [1.807, 2.05) is 0 Å². The van der Waals surface area contributed by atoms with Crippen molar-refractivity contribution in [1.29, 1.82) is 0 Å². The molecule has 1 atom stereocenters. The van der Waals surface area contributed by atoms with E-state index >= 15 is 0 Å². The molecule has 118 valence electrons. The number of aliphatic carboxylic acids is 1. The third kappa shape index (κ3) is 4.16. The SMILES string of the molecule is O=C(O)CC1C(=O)NCCN1C(=O)NC1CCS(=O)CC1. The van der Waals surface area contributed by atoms with Gasteiger partial charge in [0.2, 0.25) is 5.91 Å². The average Bonchev–Trinajstić information content (AvgIpc) is 2.43. The van der Waals surface area contributed by atoms with Crippen LogP contribution in [0.1, 0.15) is 19.3 Å². The maximum absolute atomic E-state index is 12.3. The molecule has 2 aliphatic rings. The van der Waals surface area contributed by atoms with Crippen LogP contribution in [0.4, 0.5) is 4.79 Å². The third-order valence-electron chi connectivity index (χ3n) is 3.68. The number of carbonyl (C=O) groups excluding carboxylic acids is 2. The van der Waals surface area contributed by atoms with Gasteiger partial charge >= 0.3 is 12.0 Å². The van der Waals surface area contributed by atoms with Gasteiger partial charge in [-0.1, -0.05) is 0 Å². The predicted octanol–water partition coefficient (Wildman–Crippen LogP) is -1.12. The smallest absolute Gasteiger partial charge is 0.318 e. The Hall–Kier alpha value is -1.64. The second-order valence-corrected chi connectivity index (χ2v) is 6.87. The molecule has 0 spiro atoms. The van der Waals surface area contributed by atoms with Crippen molar-refractivity contribution < 1.29 is 23.7 Å². The Kier molecular flexibility index (Phi) is 5.16. The molecule has 0 aromatic heterocycles. The number of carboxylic acid groups (broad SMARTS) is 1. The first-order valence-electron chi connectivity index (χ1n) is 6.89. The predicted molar refractivity (Wildman–Crippen MR) is 75.2 cm³/mol. The van der Waals surface area contributed by atoms with E-state index in [4.69, 9.17) is 5.11 Å². The average molecular weight is 317 g/mol. The summed E-state index contributed by atoms with van der Waals surface area (Å²) in [5, 5.41) is 14.2. The number of nitrogens with one attached hydrogen (secondary N) is 2. The fourth-order valence-corrected chi connectivity index (χ4v) is 3.82. The molecule has 2 fully saturated rings. The number of nitrogens with zero attached hydrogens (tertiary/aromatic N) is 1. The van der Waals surface area contributed by atoms with Crippen LogP contribution in [0, 0.1) is 0 Å². The van der Waals surface area contributed by atoms with Crippen LogP contribution < -0.4 is 10.6 Å². The molecule has 0 aliphatic carbocycles. The lowest BCUT2D eigenvalue weighted by atomic mass is 10.1. The van der Waals surface area contributed by atoms with Crippen LogP contribution in [0.3, 0.4) is 0 Å². The highest BCUT2D eigenvalue weighted by atomic mass is 32.2. The Morgan fingerprint density at radius 1 is 1.38 bits per heavy atom. The molecule has 9 heteroatoms. The molecule has 0 radical (unpaired) electrons. The third-order valence-corrected chi connectivity index (χ3v) is 5.06. The number of rotatable bonds is 3. The lowest BCUT2D eigenvalue weighted by Gasteiger charge is -2.35. The second-order valence-electron chi connectivity index (χ2n) is 5.17. The molecular weight excluding hydrogens is 298 g/mol. The molecule has 0 aromatic rings. The quantitative estimate of drug-likeness (QED) is 0.610. The lowest BCUT2D eigenvalue weighted by Crippen LogP contribution is -2.61. The molecule has 3 N–H and O–H groups in total. The Bertz CT molecular complexity index is 460. The number of hydrogen-bond donors (Lipinski definition) is 3. The van der Waals surface area contributed by atoms with E-state index in [-0.39, 0.29) is 12.6 Å². The van der Waals surface area contributed by atoms with Gasteiger partial charge in [-0.05, 0) is 12.8 Å². The molecule has 2 aliphatic heterocycles. The van der Waals surface area contributed by atoms with Crippen molar-refractivity contribution >= 4 is 28.7 Å². The first kappa shape index (κ1) is 15.7. The number of urea groups is 1.